The Kier molecular flexibility index (Phi) is 4.87. The summed E-state index contributed by atoms with van der Waals surface area (Å²) < 4.78 is 5.24. The summed E-state index contributed by atoms with van der Waals surface area (Å²) in [7, 11) is 1.64. The van der Waals surface area contributed by atoms with E-state index < -0.39 is 0 Å². The first-order valence-electron chi connectivity index (χ1n) is 7.55. The van der Waals surface area contributed by atoms with Gasteiger partial charge in [0.05, 0.1) is 12.8 Å². The molecule has 0 saturated carbocycles. The molecule has 0 fully saturated rings. The van der Waals surface area contributed by atoms with Crippen LogP contribution in [0.3, 0.4) is 0 Å². The second-order valence-corrected chi connectivity index (χ2v) is 6.23. The summed E-state index contributed by atoms with van der Waals surface area (Å²) in [5.74, 6) is 0.778. The van der Waals surface area contributed by atoms with Gasteiger partial charge in [0.15, 0.2) is 5.78 Å². The molecule has 0 aliphatic carbocycles. The quantitative estimate of drug-likeness (QED) is 0.485. The Morgan fingerprint density at radius 1 is 1.17 bits per heavy atom. The van der Waals surface area contributed by atoms with E-state index in [9.17, 15) is 4.79 Å². The van der Waals surface area contributed by atoms with Crippen molar-refractivity contribution in [1.29, 1.82) is 0 Å². The van der Waals surface area contributed by atoms with Gasteiger partial charge in [-0.3, -0.25) is 4.79 Å². The highest BCUT2D eigenvalue weighted by Gasteiger charge is 2.05. The number of carbonyl (C=O) groups is 1. The molecule has 3 rings (SSSR count). The fourth-order valence-electron chi connectivity index (χ4n) is 2.23. The molecule has 4 heteroatoms. The number of nitrogens with zero attached hydrogens (tertiary/aromatic N) is 1. The van der Waals surface area contributed by atoms with E-state index in [4.69, 9.17) is 4.74 Å². The summed E-state index contributed by atoms with van der Waals surface area (Å²) >= 11 is 1.54. The van der Waals surface area contributed by atoms with Crippen LogP contribution < -0.4 is 4.74 Å². The van der Waals surface area contributed by atoms with Gasteiger partial charge in [-0.2, -0.15) is 0 Å². The Hall–Kier alpha value is -2.72. The van der Waals surface area contributed by atoms with Crippen LogP contribution >= 0.6 is 11.3 Å². The van der Waals surface area contributed by atoms with E-state index in [2.05, 4.69) is 4.98 Å². The average Bonchev–Trinajstić information content (AvgIpc) is 3.09. The topological polar surface area (TPSA) is 39.2 Å². The van der Waals surface area contributed by atoms with Gasteiger partial charge in [-0.05, 0) is 31.2 Å². The molecule has 3 aromatic rings. The molecule has 1 aromatic heterocycles. The molecule has 0 spiro atoms. The minimum atomic E-state index is -0.0223. The number of hydrogen-bond acceptors (Lipinski definition) is 4. The molecule has 0 atom stereocenters. The number of benzene rings is 2. The van der Waals surface area contributed by atoms with Crippen LogP contribution in [0.15, 0.2) is 60.0 Å². The Bertz CT molecular complexity index is 879. The fourth-order valence-corrected chi connectivity index (χ4v) is 3.01. The minimum absolute atomic E-state index is 0.0223. The maximum absolute atomic E-state index is 12.2. The predicted octanol–water partition coefficient (Wildman–Crippen LogP) is 5.02. The van der Waals surface area contributed by atoms with Gasteiger partial charge in [-0.15, -0.1) is 11.3 Å². The number of ketones is 1. The number of methoxy groups -OCH3 is 1. The van der Waals surface area contributed by atoms with Crippen LogP contribution in [0.5, 0.6) is 5.75 Å². The van der Waals surface area contributed by atoms with Crippen molar-refractivity contribution in [2.24, 2.45) is 0 Å². The highest BCUT2D eigenvalue weighted by Crippen LogP contribution is 2.27. The number of carbonyl (C=O) groups excluding carboxylic acids is 1. The number of aryl methyl sites for hydroxylation is 1. The molecule has 120 valence electrons. The van der Waals surface area contributed by atoms with E-state index in [1.54, 1.807) is 30.6 Å². The third kappa shape index (κ3) is 3.78. The minimum Gasteiger partial charge on any atom is -0.497 e. The molecule has 2 aromatic carbocycles. The first-order chi connectivity index (χ1) is 11.7. The van der Waals surface area contributed by atoms with Gasteiger partial charge in [-0.1, -0.05) is 42.0 Å². The predicted molar refractivity (Wildman–Crippen MR) is 98.6 cm³/mol. The van der Waals surface area contributed by atoms with E-state index >= 15 is 0 Å². The molecular weight excluding hydrogens is 318 g/mol. The van der Waals surface area contributed by atoms with Crippen molar-refractivity contribution in [3.63, 3.8) is 0 Å². The van der Waals surface area contributed by atoms with Crippen LogP contribution in [0.1, 0.15) is 21.6 Å². The number of aromatic nitrogens is 1. The molecule has 0 bridgehead atoms. The Labute approximate surface area is 145 Å². The summed E-state index contributed by atoms with van der Waals surface area (Å²) in [6, 6.07) is 15.3. The van der Waals surface area contributed by atoms with E-state index in [-0.39, 0.29) is 5.78 Å². The van der Waals surface area contributed by atoms with Crippen LogP contribution in [-0.2, 0) is 0 Å². The lowest BCUT2D eigenvalue weighted by atomic mass is 10.1. The number of allylic oxidation sites excluding steroid dienone is 1. The largest absolute Gasteiger partial charge is 0.497 e. The van der Waals surface area contributed by atoms with Crippen molar-refractivity contribution < 1.29 is 9.53 Å². The number of hydrogen-bond donors (Lipinski definition) is 0. The summed E-state index contributed by atoms with van der Waals surface area (Å²) in [4.78, 5) is 16.7. The van der Waals surface area contributed by atoms with E-state index in [0.29, 0.717) is 5.56 Å². The van der Waals surface area contributed by atoms with E-state index in [0.717, 1.165) is 27.6 Å². The second kappa shape index (κ2) is 7.23. The third-order valence-electron chi connectivity index (χ3n) is 3.58. The van der Waals surface area contributed by atoms with Gasteiger partial charge >= 0.3 is 0 Å². The molecule has 0 aliphatic heterocycles. The van der Waals surface area contributed by atoms with Crippen LogP contribution in [0, 0.1) is 6.92 Å². The maximum atomic E-state index is 12.2. The zero-order chi connectivity index (χ0) is 16.9. The fraction of sp³-hybridized carbons (Fsp3) is 0.100. The van der Waals surface area contributed by atoms with Gasteiger partial charge in [0.1, 0.15) is 10.8 Å². The molecule has 1 heterocycles. The molecule has 0 unspecified atom stereocenters. The summed E-state index contributed by atoms with van der Waals surface area (Å²) in [6.07, 6.45) is 3.32. The SMILES string of the molecule is COc1cccc(-c2nc(/C=C/C(=O)c3ccc(C)cc3)cs2)c1. The molecule has 0 aliphatic rings. The van der Waals surface area contributed by atoms with E-state index in [1.165, 1.54) is 0 Å². The standard InChI is InChI=1S/C20H17NO2S/c1-14-6-8-15(9-7-14)19(22)11-10-17-13-24-20(21-17)16-4-3-5-18(12-16)23-2/h3-13H,1-2H3/b11-10+. The normalized spacial score (nSPS) is 10.9. The van der Waals surface area contributed by atoms with Crippen LogP contribution in [0.4, 0.5) is 0 Å². The summed E-state index contributed by atoms with van der Waals surface area (Å²) in [6.45, 7) is 2.00. The molecule has 3 nitrogen and oxygen atoms in total. The lowest BCUT2D eigenvalue weighted by Crippen LogP contribution is -1.93. The molecule has 24 heavy (non-hydrogen) atoms. The van der Waals surface area contributed by atoms with Gasteiger partial charge < -0.3 is 4.74 Å². The van der Waals surface area contributed by atoms with Crippen molar-refractivity contribution in [3.05, 3.63) is 76.8 Å². The molecule has 0 amide bonds. The van der Waals surface area contributed by atoms with Crippen molar-refractivity contribution in [2.75, 3.05) is 7.11 Å². The smallest absolute Gasteiger partial charge is 0.185 e. The van der Waals surface area contributed by atoms with Crippen LogP contribution in [0.25, 0.3) is 16.6 Å². The first-order valence-corrected chi connectivity index (χ1v) is 8.43. The number of rotatable bonds is 5. The van der Waals surface area contributed by atoms with Crippen molar-refractivity contribution in [1.82, 2.24) is 4.98 Å². The van der Waals surface area contributed by atoms with Gasteiger partial charge in [0.25, 0.3) is 0 Å². The Morgan fingerprint density at radius 3 is 2.71 bits per heavy atom. The first kappa shape index (κ1) is 16.1. The van der Waals surface area contributed by atoms with E-state index in [1.807, 2.05) is 60.8 Å². The Morgan fingerprint density at radius 2 is 1.96 bits per heavy atom. The lowest BCUT2D eigenvalue weighted by Gasteiger charge is -2.00. The third-order valence-corrected chi connectivity index (χ3v) is 4.49. The number of ether oxygens (including phenoxy) is 1. The monoisotopic (exact) mass is 335 g/mol. The van der Waals surface area contributed by atoms with Crippen molar-refractivity contribution >= 4 is 23.2 Å². The van der Waals surface area contributed by atoms with Crippen molar-refractivity contribution in [3.8, 4) is 16.3 Å². The summed E-state index contributed by atoms with van der Waals surface area (Å²) in [5.41, 5.74) is 3.60. The zero-order valence-corrected chi connectivity index (χ0v) is 14.3. The van der Waals surface area contributed by atoms with Gasteiger partial charge in [0, 0.05) is 16.5 Å². The zero-order valence-electron chi connectivity index (χ0n) is 13.5. The molecule has 0 saturated heterocycles. The van der Waals surface area contributed by atoms with Gasteiger partial charge in [0.2, 0.25) is 0 Å². The lowest BCUT2D eigenvalue weighted by molar-refractivity contribution is 0.104. The van der Waals surface area contributed by atoms with Crippen LogP contribution in [-0.4, -0.2) is 17.9 Å². The Balaban J connectivity index is 1.75. The highest BCUT2D eigenvalue weighted by atomic mass is 32.1. The van der Waals surface area contributed by atoms with Crippen LogP contribution in [0.2, 0.25) is 0 Å². The molecule has 0 radical (unpaired) electrons. The van der Waals surface area contributed by atoms with Crippen molar-refractivity contribution in [2.45, 2.75) is 6.92 Å². The average molecular weight is 335 g/mol. The number of thiazole rings is 1. The highest BCUT2D eigenvalue weighted by molar-refractivity contribution is 7.13. The second-order valence-electron chi connectivity index (χ2n) is 5.37. The molecule has 0 N–H and O–H groups in total. The van der Waals surface area contributed by atoms with Gasteiger partial charge in [-0.25, -0.2) is 4.98 Å². The molecular formula is C20H17NO2S. The maximum Gasteiger partial charge on any atom is 0.185 e. The summed E-state index contributed by atoms with van der Waals surface area (Å²) in [5, 5.41) is 2.84.